The third-order valence-corrected chi connectivity index (χ3v) is 3.10. The van der Waals surface area contributed by atoms with Gasteiger partial charge in [-0.2, -0.15) is 0 Å². The van der Waals surface area contributed by atoms with E-state index >= 15 is 0 Å². The van der Waals surface area contributed by atoms with Crippen molar-refractivity contribution in [3.8, 4) is 0 Å². The molecule has 0 radical (unpaired) electrons. The van der Waals surface area contributed by atoms with Gasteiger partial charge in [-0.15, -0.1) is 0 Å². The standard InChI is InChI=1S/C12H22N4/c1-9(12(2,3)4)16(6)11-7-10(13-5)14-8-15-11/h7-9H,1-6H3,(H,13,14,15). The highest BCUT2D eigenvalue weighted by molar-refractivity contribution is 5.48. The SMILES string of the molecule is CNc1cc(N(C)C(C)C(C)(C)C)ncn1. The van der Waals surface area contributed by atoms with Gasteiger partial charge in [0.05, 0.1) is 0 Å². The Bertz CT molecular complexity index is 343. The average molecular weight is 222 g/mol. The maximum Gasteiger partial charge on any atom is 0.134 e. The van der Waals surface area contributed by atoms with Crippen molar-refractivity contribution in [2.45, 2.75) is 33.7 Å². The normalized spacial score (nSPS) is 13.4. The predicted octanol–water partition coefficient (Wildman–Crippen LogP) is 2.39. The van der Waals surface area contributed by atoms with Crippen molar-refractivity contribution in [1.82, 2.24) is 9.97 Å². The van der Waals surface area contributed by atoms with E-state index in [1.54, 1.807) is 6.33 Å². The zero-order valence-corrected chi connectivity index (χ0v) is 11.1. The minimum atomic E-state index is 0.222. The quantitative estimate of drug-likeness (QED) is 0.852. The van der Waals surface area contributed by atoms with Crippen LogP contribution >= 0.6 is 0 Å². The van der Waals surface area contributed by atoms with Crippen LogP contribution < -0.4 is 10.2 Å². The van der Waals surface area contributed by atoms with E-state index in [4.69, 9.17) is 0 Å². The summed E-state index contributed by atoms with van der Waals surface area (Å²) in [4.78, 5) is 10.6. The van der Waals surface area contributed by atoms with E-state index in [0.717, 1.165) is 11.6 Å². The summed E-state index contributed by atoms with van der Waals surface area (Å²) in [6.07, 6.45) is 1.59. The molecule has 0 saturated heterocycles. The van der Waals surface area contributed by atoms with Crippen LogP contribution in [-0.4, -0.2) is 30.1 Å². The summed E-state index contributed by atoms with van der Waals surface area (Å²) >= 11 is 0. The van der Waals surface area contributed by atoms with Crippen LogP contribution in [0.3, 0.4) is 0 Å². The van der Waals surface area contributed by atoms with E-state index in [0.29, 0.717) is 6.04 Å². The highest BCUT2D eigenvalue weighted by Crippen LogP contribution is 2.26. The van der Waals surface area contributed by atoms with Crippen LogP contribution in [0.4, 0.5) is 11.6 Å². The van der Waals surface area contributed by atoms with E-state index in [-0.39, 0.29) is 5.41 Å². The minimum absolute atomic E-state index is 0.222. The van der Waals surface area contributed by atoms with Crippen molar-refractivity contribution < 1.29 is 0 Å². The molecule has 0 bridgehead atoms. The van der Waals surface area contributed by atoms with Gasteiger partial charge in [-0.3, -0.25) is 0 Å². The molecule has 1 unspecified atom stereocenters. The molecule has 1 aromatic rings. The molecule has 1 heterocycles. The Balaban J connectivity index is 2.91. The third-order valence-electron chi connectivity index (χ3n) is 3.10. The van der Waals surface area contributed by atoms with Crippen molar-refractivity contribution in [3.63, 3.8) is 0 Å². The Morgan fingerprint density at radius 1 is 1.31 bits per heavy atom. The maximum atomic E-state index is 4.30. The van der Waals surface area contributed by atoms with Gasteiger partial charge in [0.1, 0.15) is 18.0 Å². The first-order valence-corrected chi connectivity index (χ1v) is 5.59. The molecule has 0 aromatic carbocycles. The number of rotatable bonds is 3. The van der Waals surface area contributed by atoms with Crippen molar-refractivity contribution in [1.29, 1.82) is 0 Å². The predicted molar refractivity (Wildman–Crippen MR) is 68.9 cm³/mol. The van der Waals surface area contributed by atoms with Gasteiger partial charge in [0.25, 0.3) is 0 Å². The zero-order valence-electron chi connectivity index (χ0n) is 11.1. The summed E-state index contributed by atoms with van der Waals surface area (Å²) in [6, 6.07) is 2.37. The Morgan fingerprint density at radius 2 is 1.94 bits per heavy atom. The molecule has 0 amide bonds. The molecular formula is C12H22N4. The van der Waals surface area contributed by atoms with E-state index < -0.39 is 0 Å². The van der Waals surface area contributed by atoms with Crippen LogP contribution in [-0.2, 0) is 0 Å². The second-order valence-corrected chi connectivity index (χ2v) is 5.16. The van der Waals surface area contributed by atoms with Crippen molar-refractivity contribution in [2.75, 3.05) is 24.3 Å². The van der Waals surface area contributed by atoms with Crippen molar-refractivity contribution in [2.24, 2.45) is 5.41 Å². The van der Waals surface area contributed by atoms with E-state index in [1.807, 2.05) is 13.1 Å². The molecule has 1 N–H and O–H groups in total. The molecule has 90 valence electrons. The van der Waals surface area contributed by atoms with Gasteiger partial charge in [-0.25, -0.2) is 9.97 Å². The van der Waals surface area contributed by atoms with Gasteiger partial charge in [-0.1, -0.05) is 20.8 Å². The summed E-state index contributed by atoms with van der Waals surface area (Å²) in [7, 11) is 3.93. The van der Waals surface area contributed by atoms with Crippen LogP contribution in [0.15, 0.2) is 12.4 Å². The number of nitrogens with zero attached hydrogens (tertiary/aromatic N) is 3. The average Bonchev–Trinajstić information content (AvgIpc) is 2.26. The van der Waals surface area contributed by atoms with E-state index in [9.17, 15) is 0 Å². The van der Waals surface area contributed by atoms with Crippen molar-refractivity contribution in [3.05, 3.63) is 12.4 Å². The lowest BCUT2D eigenvalue weighted by molar-refractivity contribution is 0.328. The molecule has 0 fully saturated rings. The number of nitrogens with one attached hydrogen (secondary N) is 1. The Labute approximate surface area is 98.1 Å². The van der Waals surface area contributed by atoms with E-state index in [1.165, 1.54) is 0 Å². The van der Waals surface area contributed by atoms with Crippen molar-refractivity contribution >= 4 is 11.6 Å². The first kappa shape index (κ1) is 12.7. The number of aromatic nitrogens is 2. The largest absolute Gasteiger partial charge is 0.373 e. The first-order valence-electron chi connectivity index (χ1n) is 5.59. The lowest BCUT2D eigenvalue weighted by atomic mass is 9.87. The zero-order chi connectivity index (χ0) is 12.3. The molecule has 1 aromatic heterocycles. The van der Waals surface area contributed by atoms with Gasteiger partial charge in [0.15, 0.2) is 0 Å². The number of anilines is 2. The van der Waals surface area contributed by atoms with Gasteiger partial charge >= 0.3 is 0 Å². The lowest BCUT2D eigenvalue weighted by Gasteiger charge is -2.36. The molecule has 0 aliphatic rings. The molecule has 16 heavy (non-hydrogen) atoms. The van der Waals surface area contributed by atoms with Crippen LogP contribution in [0.1, 0.15) is 27.7 Å². The second-order valence-electron chi connectivity index (χ2n) is 5.16. The highest BCUT2D eigenvalue weighted by atomic mass is 15.2. The van der Waals surface area contributed by atoms with Crippen LogP contribution in [0.5, 0.6) is 0 Å². The lowest BCUT2D eigenvalue weighted by Crippen LogP contribution is -2.39. The molecule has 4 heteroatoms. The van der Waals surface area contributed by atoms with Crippen LogP contribution in [0.2, 0.25) is 0 Å². The summed E-state index contributed by atoms with van der Waals surface area (Å²) < 4.78 is 0. The monoisotopic (exact) mass is 222 g/mol. The number of hydrogen-bond acceptors (Lipinski definition) is 4. The van der Waals surface area contributed by atoms with Gasteiger partial charge in [-0.05, 0) is 12.3 Å². The number of hydrogen-bond donors (Lipinski definition) is 1. The maximum absolute atomic E-state index is 4.30. The molecular weight excluding hydrogens is 200 g/mol. The Kier molecular flexibility index (Phi) is 3.73. The summed E-state index contributed by atoms with van der Waals surface area (Å²) in [6.45, 7) is 8.90. The first-order chi connectivity index (χ1) is 7.36. The molecule has 0 spiro atoms. The van der Waals surface area contributed by atoms with Gasteiger partial charge < -0.3 is 10.2 Å². The van der Waals surface area contributed by atoms with Gasteiger partial charge in [0, 0.05) is 26.2 Å². The fourth-order valence-electron chi connectivity index (χ4n) is 1.46. The van der Waals surface area contributed by atoms with Crippen LogP contribution in [0.25, 0.3) is 0 Å². The molecule has 1 atom stereocenters. The van der Waals surface area contributed by atoms with E-state index in [2.05, 4.69) is 54.9 Å². The smallest absolute Gasteiger partial charge is 0.134 e. The fraction of sp³-hybridized carbons (Fsp3) is 0.667. The minimum Gasteiger partial charge on any atom is -0.373 e. The third kappa shape index (κ3) is 2.84. The Morgan fingerprint density at radius 3 is 2.44 bits per heavy atom. The summed E-state index contributed by atoms with van der Waals surface area (Å²) in [5, 5.41) is 3.02. The van der Waals surface area contributed by atoms with Gasteiger partial charge in [0.2, 0.25) is 0 Å². The summed E-state index contributed by atoms with van der Waals surface area (Å²) in [5.74, 6) is 1.79. The summed E-state index contributed by atoms with van der Waals surface area (Å²) in [5.41, 5.74) is 0.222. The fourth-order valence-corrected chi connectivity index (χ4v) is 1.46. The molecule has 0 saturated carbocycles. The molecule has 0 aliphatic carbocycles. The molecule has 4 nitrogen and oxygen atoms in total. The van der Waals surface area contributed by atoms with Crippen LogP contribution in [0, 0.1) is 5.41 Å². The molecule has 1 rings (SSSR count). The topological polar surface area (TPSA) is 41.0 Å². The second kappa shape index (κ2) is 4.68. The molecule has 0 aliphatic heterocycles. The highest BCUT2D eigenvalue weighted by Gasteiger charge is 2.24. The Hall–Kier alpha value is -1.32.